The van der Waals surface area contributed by atoms with Crippen LogP contribution in [0.2, 0.25) is 0 Å². The molecule has 0 aliphatic heterocycles. The van der Waals surface area contributed by atoms with E-state index in [0.29, 0.717) is 0 Å². The number of hydrogen-bond donors (Lipinski definition) is 0. The summed E-state index contributed by atoms with van der Waals surface area (Å²) in [4.78, 5) is 0. The quantitative estimate of drug-likeness (QED) is 0.213. The molecule has 0 fully saturated rings. The molecular formula is C20H23BrS4. The molecule has 0 saturated heterocycles. The van der Waals surface area contributed by atoms with Crippen molar-refractivity contribution in [2.24, 2.45) is 0 Å². The van der Waals surface area contributed by atoms with Gasteiger partial charge in [-0.15, -0.1) is 45.3 Å². The average molecular weight is 472 g/mol. The maximum Gasteiger partial charge on any atom is 0.0751 e. The summed E-state index contributed by atoms with van der Waals surface area (Å²) >= 11 is 11.7. The van der Waals surface area contributed by atoms with Gasteiger partial charge in [0.05, 0.1) is 27.3 Å². The van der Waals surface area contributed by atoms with Crippen LogP contribution in [0.3, 0.4) is 0 Å². The Morgan fingerprint density at radius 3 is 2.24 bits per heavy atom. The van der Waals surface area contributed by atoms with E-state index in [2.05, 4.69) is 34.3 Å². The molecule has 0 nitrogen and oxygen atoms in total. The van der Waals surface area contributed by atoms with Crippen molar-refractivity contribution < 1.29 is 0 Å². The van der Waals surface area contributed by atoms with Gasteiger partial charge in [-0.25, -0.2) is 0 Å². The van der Waals surface area contributed by atoms with Crippen LogP contribution in [0.15, 0.2) is 15.2 Å². The van der Waals surface area contributed by atoms with E-state index in [1.54, 1.807) is 10.3 Å². The summed E-state index contributed by atoms with van der Waals surface area (Å²) in [5.41, 5.74) is 1.57. The maximum atomic E-state index is 3.85. The summed E-state index contributed by atoms with van der Waals surface area (Å²) in [7, 11) is 0. The zero-order chi connectivity index (χ0) is 17.2. The van der Waals surface area contributed by atoms with Crippen LogP contribution in [-0.2, 0) is 6.42 Å². The van der Waals surface area contributed by atoms with Crippen molar-refractivity contribution in [1.29, 1.82) is 0 Å². The smallest absolute Gasteiger partial charge is 0.0751 e. The van der Waals surface area contributed by atoms with Crippen molar-refractivity contribution in [3.63, 3.8) is 0 Å². The lowest BCUT2D eigenvalue weighted by molar-refractivity contribution is 0.576. The number of rotatable bonds is 9. The Labute approximate surface area is 174 Å². The van der Waals surface area contributed by atoms with Gasteiger partial charge < -0.3 is 0 Å². The fraction of sp³-hybridized carbons (Fsp3) is 0.500. The summed E-state index contributed by atoms with van der Waals surface area (Å²) in [6, 6.07) is 2.27. The molecule has 0 aliphatic rings. The monoisotopic (exact) mass is 470 g/mol. The Morgan fingerprint density at radius 2 is 1.44 bits per heavy atom. The number of hydrogen-bond acceptors (Lipinski definition) is 4. The number of unbranched alkanes of at least 4 members (excludes halogenated alkanes) is 7. The SMILES string of the molecule is CCCCCCCCCCc1c(Br)sc2c1sc1c3sccc3sc21. The average Bonchev–Trinajstić information content (AvgIpc) is 3.31. The summed E-state index contributed by atoms with van der Waals surface area (Å²) < 4.78 is 10.5. The van der Waals surface area contributed by atoms with E-state index < -0.39 is 0 Å². The van der Waals surface area contributed by atoms with Crippen molar-refractivity contribution in [3.05, 3.63) is 20.8 Å². The normalized spacial score (nSPS) is 12.2. The molecule has 0 N–H and O–H groups in total. The van der Waals surface area contributed by atoms with Gasteiger partial charge in [0.15, 0.2) is 0 Å². The highest BCUT2D eigenvalue weighted by Gasteiger charge is 2.19. The van der Waals surface area contributed by atoms with E-state index in [0.717, 1.165) is 0 Å². The molecule has 0 unspecified atom stereocenters. The predicted octanol–water partition coefficient (Wildman–Crippen LogP) is 9.84. The third kappa shape index (κ3) is 3.73. The molecule has 0 spiro atoms. The summed E-state index contributed by atoms with van der Waals surface area (Å²) in [5, 5.41) is 2.23. The minimum atomic E-state index is 1.23. The van der Waals surface area contributed by atoms with Crippen LogP contribution >= 0.6 is 61.3 Å². The fourth-order valence-corrected chi connectivity index (χ4v) is 9.90. The van der Waals surface area contributed by atoms with E-state index in [4.69, 9.17) is 0 Å². The molecule has 0 aromatic carbocycles. The first-order valence-corrected chi connectivity index (χ1v) is 13.4. The molecule has 0 amide bonds. The van der Waals surface area contributed by atoms with Crippen LogP contribution < -0.4 is 0 Å². The van der Waals surface area contributed by atoms with Crippen molar-refractivity contribution in [2.75, 3.05) is 0 Å². The Kier molecular flexibility index (Phi) is 6.18. The van der Waals surface area contributed by atoms with Gasteiger partial charge in [-0.1, -0.05) is 51.9 Å². The van der Waals surface area contributed by atoms with Gasteiger partial charge in [-0.3, -0.25) is 0 Å². The Hall–Kier alpha value is 0.0600. The van der Waals surface area contributed by atoms with Crippen molar-refractivity contribution >= 4 is 89.5 Å². The van der Waals surface area contributed by atoms with Crippen LogP contribution in [0.4, 0.5) is 0 Å². The number of thiophene rings is 4. The lowest BCUT2D eigenvalue weighted by Crippen LogP contribution is -1.85. The van der Waals surface area contributed by atoms with Crippen LogP contribution in [-0.4, -0.2) is 0 Å². The second-order valence-electron chi connectivity index (χ2n) is 6.71. The van der Waals surface area contributed by atoms with E-state index in [9.17, 15) is 0 Å². The maximum absolute atomic E-state index is 3.85. The molecule has 0 bridgehead atoms. The minimum absolute atomic E-state index is 1.23. The molecule has 5 heteroatoms. The number of halogens is 1. The van der Waals surface area contributed by atoms with Gasteiger partial charge in [0.25, 0.3) is 0 Å². The molecule has 0 saturated carbocycles. The summed E-state index contributed by atoms with van der Waals surface area (Å²) in [6.45, 7) is 2.29. The zero-order valence-corrected chi connectivity index (χ0v) is 19.4. The lowest BCUT2D eigenvalue weighted by atomic mass is 10.1. The second kappa shape index (κ2) is 8.39. The van der Waals surface area contributed by atoms with Crippen LogP contribution in [0.1, 0.15) is 63.9 Å². The largest absolute Gasteiger partial charge is 0.141 e. The molecule has 0 aliphatic carbocycles. The Morgan fingerprint density at radius 1 is 0.760 bits per heavy atom. The molecule has 0 atom stereocenters. The lowest BCUT2D eigenvalue weighted by Gasteiger charge is -2.02. The van der Waals surface area contributed by atoms with Gasteiger partial charge in [-0.2, -0.15) is 0 Å². The highest BCUT2D eigenvalue weighted by molar-refractivity contribution is 9.11. The summed E-state index contributed by atoms with van der Waals surface area (Å²) in [5.74, 6) is 0. The van der Waals surface area contributed by atoms with E-state index in [-0.39, 0.29) is 0 Å². The van der Waals surface area contributed by atoms with E-state index >= 15 is 0 Å². The topological polar surface area (TPSA) is 0 Å². The number of fused-ring (bicyclic) bond motifs is 5. The second-order valence-corrected chi connectivity index (χ2v) is 12.0. The van der Waals surface area contributed by atoms with Crippen LogP contribution in [0.25, 0.3) is 28.2 Å². The van der Waals surface area contributed by atoms with Gasteiger partial charge in [0.1, 0.15) is 0 Å². The molecule has 0 radical (unpaired) electrons. The van der Waals surface area contributed by atoms with Gasteiger partial charge in [0, 0.05) is 4.70 Å². The molecule has 4 rings (SSSR count). The molecule has 4 aromatic heterocycles. The van der Waals surface area contributed by atoms with Crippen molar-refractivity contribution in [3.8, 4) is 0 Å². The molecule has 4 aromatic rings. The number of aryl methyl sites for hydroxylation is 1. The Bertz CT molecular complexity index is 968. The first-order valence-electron chi connectivity index (χ1n) is 9.29. The molecule has 134 valence electrons. The Balaban J connectivity index is 1.42. The van der Waals surface area contributed by atoms with Gasteiger partial charge >= 0.3 is 0 Å². The first kappa shape index (κ1) is 18.4. The third-order valence-electron chi connectivity index (χ3n) is 4.85. The van der Waals surface area contributed by atoms with Crippen molar-refractivity contribution in [1.82, 2.24) is 0 Å². The molecular weight excluding hydrogens is 448 g/mol. The molecule has 25 heavy (non-hydrogen) atoms. The fourth-order valence-electron chi connectivity index (χ4n) is 3.48. The van der Waals surface area contributed by atoms with E-state index in [1.165, 1.54) is 85.1 Å². The third-order valence-corrected chi connectivity index (χ3v) is 10.9. The molecule has 4 heterocycles. The van der Waals surface area contributed by atoms with Gasteiger partial charge in [0.2, 0.25) is 0 Å². The van der Waals surface area contributed by atoms with Crippen LogP contribution in [0, 0.1) is 0 Å². The van der Waals surface area contributed by atoms with Crippen LogP contribution in [0.5, 0.6) is 0 Å². The van der Waals surface area contributed by atoms with Gasteiger partial charge in [-0.05, 0) is 45.8 Å². The predicted molar refractivity (Wildman–Crippen MR) is 124 cm³/mol. The minimum Gasteiger partial charge on any atom is -0.141 e. The highest BCUT2D eigenvalue weighted by Crippen LogP contribution is 2.51. The zero-order valence-electron chi connectivity index (χ0n) is 14.5. The van der Waals surface area contributed by atoms with Crippen molar-refractivity contribution in [2.45, 2.75) is 64.7 Å². The highest BCUT2D eigenvalue weighted by atomic mass is 79.9. The summed E-state index contributed by atoms with van der Waals surface area (Å²) in [6.07, 6.45) is 12.4. The first-order chi connectivity index (χ1) is 12.3. The standard InChI is InChI=1S/C20H23BrS4/c1-2-3-4-5-6-7-8-9-10-13-15-17(25-20(13)21)19-18(24-15)16-14(23-19)11-12-22-16/h11-12H,2-10H2,1H3. The van der Waals surface area contributed by atoms with E-state index in [1.807, 2.05) is 45.3 Å².